The molecule has 2 heterocycles. The third-order valence-corrected chi connectivity index (χ3v) is 4.81. The number of aryl methyl sites for hydroxylation is 2. The number of hydrogen-bond acceptors (Lipinski definition) is 4. The molecule has 3 rings (SSSR count). The number of hydrogen-bond donors (Lipinski definition) is 1. The molecule has 1 aromatic carbocycles. The number of anilines is 2. The topological polar surface area (TPSA) is 58.4 Å². The fourth-order valence-electron chi connectivity index (χ4n) is 3.52. The Hall–Kier alpha value is -2.51. The van der Waals surface area contributed by atoms with Crippen molar-refractivity contribution in [2.75, 3.05) is 16.8 Å². The molecule has 0 aliphatic carbocycles. The fraction of sp³-hybridized carbons (Fsp3) is 0.565. The second kappa shape index (κ2) is 9.32. The van der Waals surface area contributed by atoms with Crippen LogP contribution in [0.25, 0.3) is 0 Å². The second-order valence-corrected chi connectivity index (χ2v) is 8.80. The summed E-state index contributed by atoms with van der Waals surface area (Å²) in [5.74, 6) is -0.976. The molecule has 1 N–H and O–H groups in total. The maximum absolute atomic E-state index is 12.8. The van der Waals surface area contributed by atoms with Gasteiger partial charge in [-0.15, -0.1) is 0 Å². The van der Waals surface area contributed by atoms with Gasteiger partial charge in [-0.1, -0.05) is 34.6 Å². The minimum atomic E-state index is -4.58. The number of aromatic nitrogens is 1. The zero-order chi connectivity index (χ0) is 23.6. The molecule has 0 atom stereocenters. The molecular formula is C23H32F3N3O2. The number of fused-ring (bicyclic) bond motifs is 1. The quantitative estimate of drug-likeness (QED) is 0.612. The number of nitrogens with zero attached hydrogens (tertiary/aromatic N) is 2. The van der Waals surface area contributed by atoms with E-state index in [1.165, 1.54) is 0 Å². The van der Waals surface area contributed by atoms with Crippen LogP contribution < -0.4 is 10.2 Å². The van der Waals surface area contributed by atoms with Crippen molar-refractivity contribution < 1.29 is 22.4 Å². The Kier molecular flexibility index (Phi) is 7.44. The lowest BCUT2D eigenvalue weighted by molar-refractivity contribution is -0.157. The molecule has 0 saturated carbocycles. The van der Waals surface area contributed by atoms with E-state index in [9.17, 15) is 18.0 Å². The van der Waals surface area contributed by atoms with E-state index in [0.29, 0.717) is 25.1 Å². The molecule has 1 aliphatic heterocycles. The van der Waals surface area contributed by atoms with Gasteiger partial charge in [0, 0.05) is 30.8 Å². The SMILES string of the molecule is CC.Cc1cc(N2CCc3nc(C(F)(F)F)oc3C2)cc(C)c1NC(=O)CC(C)(C)C. The summed E-state index contributed by atoms with van der Waals surface area (Å²) in [4.78, 5) is 17.9. The Labute approximate surface area is 182 Å². The van der Waals surface area contributed by atoms with E-state index < -0.39 is 12.1 Å². The van der Waals surface area contributed by atoms with Crippen LogP contribution in [0, 0.1) is 19.3 Å². The van der Waals surface area contributed by atoms with Crippen LogP contribution in [0.2, 0.25) is 0 Å². The average molecular weight is 440 g/mol. The maximum Gasteiger partial charge on any atom is 0.468 e. The van der Waals surface area contributed by atoms with Gasteiger partial charge in [0.05, 0.1) is 12.2 Å². The molecule has 1 amide bonds. The number of alkyl halides is 3. The molecule has 0 bridgehead atoms. The maximum atomic E-state index is 12.8. The molecule has 1 aliphatic rings. The van der Waals surface area contributed by atoms with Crippen molar-refractivity contribution in [2.45, 2.75) is 74.0 Å². The van der Waals surface area contributed by atoms with Crippen molar-refractivity contribution in [3.8, 4) is 0 Å². The molecule has 2 aromatic rings. The Bertz CT molecular complexity index is 904. The lowest BCUT2D eigenvalue weighted by atomic mass is 9.92. The summed E-state index contributed by atoms with van der Waals surface area (Å²) in [6.45, 7) is 14.6. The first-order valence-electron chi connectivity index (χ1n) is 10.6. The van der Waals surface area contributed by atoms with E-state index in [-0.39, 0.29) is 23.6 Å². The summed E-state index contributed by atoms with van der Waals surface area (Å²) in [7, 11) is 0. The van der Waals surface area contributed by atoms with Crippen molar-refractivity contribution in [1.29, 1.82) is 0 Å². The molecule has 5 nitrogen and oxygen atoms in total. The molecule has 0 unspecified atom stereocenters. The van der Waals surface area contributed by atoms with E-state index in [2.05, 4.69) is 10.3 Å². The van der Waals surface area contributed by atoms with Gasteiger partial charge in [-0.05, 0) is 42.5 Å². The van der Waals surface area contributed by atoms with Crippen LogP contribution in [0.1, 0.15) is 69.5 Å². The van der Waals surface area contributed by atoms with Gasteiger partial charge >= 0.3 is 12.1 Å². The van der Waals surface area contributed by atoms with Gasteiger partial charge in [0.1, 0.15) is 5.76 Å². The Morgan fingerprint density at radius 1 is 1.16 bits per heavy atom. The summed E-state index contributed by atoms with van der Waals surface area (Å²) in [5.41, 5.74) is 3.73. The molecule has 0 saturated heterocycles. The van der Waals surface area contributed by atoms with Crippen molar-refractivity contribution in [1.82, 2.24) is 4.98 Å². The summed E-state index contributed by atoms with van der Waals surface area (Å²) < 4.78 is 43.5. The first kappa shape index (κ1) is 24.8. The van der Waals surface area contributed by atoms with E-state index in [4.69, 9.17) is 4.42 Å². The summed E-state index contributed by atoms with van der Waals surface area (Å²) in [6, 6.07) is 3.87. The molecule has 0 radical (unpaired) electrons. The van der Waals surface area contributed by atoms with Crippen LogP contribution in [-0.4, -0.2) is 17.4 Å². The number of rotatable bonds is 3. The third-order valence-electron chi connectivity index (χ3n) is 4.81. The fourth-order valence-corrected chi connectivity index (χ4v) is 3.52. The van der Waals surface area contributed by atoms with E-state index in [1.807, 2.05) is 65.5 Å². The van der Waals surface area contributed by atoms with Crippen molar-refractivity contribution in [2.24, 2.45) is 5.41 Å². The second-order valence-electron chi connectivity index (χ2n) is 8.80. The highest BCUT2D eigenvalue weighted by Gasteiger charge is 2.39. The van der Waals surface area contributed by atoms with Crippen LogP contribution >= 0.6 is 0 Å². The minimum Gasteiger partial charge on any atom is -0.436 e. The molecule has 0 spiro atoms. The standard InChI is InChI=1S/C21H26F3N3O2.C2H6/c1-12-8-14(9-13(2)18(12)26-17(28)10-20(3,4)5)27-7-6-15-16(11-27)29-19(25-15)21(22,23)24;1-2/h8-9H,6-7,10-11H2,1-5H3,(H,26,28);1-2H3. The van der Waals surface area contributed by atoms with Gasteiger partial charge in [-0.3, -0.25) is 4.79 Å². The van der Waals surface area contributed by atoms with Crippen LogP contribution in [0.3, 0.4) is 0 Å². The van der Waals surface area contributed by atoms with E-state index in [0.717, 1.165) is 22.5 Å². The number of benzene rings is 1. The third kappa shape index (κ3) is 6.24. The monoisotopic (exact) mass is 439 g/mol. The lowest BCUT2D eigenvalue weighted by Gasteiger charge is -2.29. The first-order chi connectivity index (χ1) is 14.3. The normalized spacial score (nSPS) is 13.9. The number of halogens is 3. The zero-order valence-corrected chi connectivity index (χ0v) is 19.3. The lowest BCUT2D eigenvalue weighted by Crippen LogP contribution is -2.30. The van der Waals surface area contributed by atoms with Gasteiger partial charge < -0.3 is 14.6 Å². The Balaban J connectivity index is 0.00000166. The molecule has 31 heavy (non-hydrogen) atoms. The van der Waals surface area contributed by atoms with Gasteiger partial charge in [-0.25, -0.2) is 4.98 Å². The number of oxazole rings is 1. The largest absolute Gasteiger partial charge is 0.468 e. The Morgan fingerprint density at radius 3 is 2.26 bits per heavy atom. The molecule has 172 valence electrons. The highest BCUT2D eigenvalue weighted by atomic mass is 19.4. The minimum absolute atomic E-state index is 0.0413. The smallest absolute Gasteiger partial charge is 0.436 e. The zero-order valence-electron chi connectivity index (χ0n) is 19.3. The van der Waals surface area contributed by atoms with Crippen LogP contribution in [-0.2, 0) is 23.9 Å². The van der Waals surface area contributed by atoms with Gasteiger partial charge in [0.15, 0.2) is 0 Å². The van der Waals surface area contributed by atoms with Crippen molar-refractivity contribution >= 4 is 17.3 Å². The Morgan fingerprint density at radius 2 is 1.74 bits per heavy atom. The summed E-state index contributed by atoms with van der Waals surface area (Å²) >= 11 is 0. The molecule has 1 aromatic heterocycles. The number of amides is 1. The number of nitrogens with one attached hydrogen (secondary N) is 1. The van der Waals surface area contributed by atoms with E-state index in [1.54, 1.807) is 0 Å². The highest BCUT2D eigenvalue weighted by Crippen LogP contribution is 2.34. The molecule has 0 fully saturated rings. The highest BCUT2D eigenvalue weighted by molar-refractivity contribution is 5.93. The number of carbonyl (C=O) groups excluding carboxylic acids is 1. The van der Waals surface area contributed by atoms with Crippen LogP contribution in [0.15, 0.2) is 16.5 Å². The number of carbonyl (C=O) groups is 1. The predicted octanol–water partition coefficient (Wildman–Crippen LogP) is 6.27. The first-order valence-corrected chi connectivity index (χ1v) is 10.6. The molecular weight excluding hydrogens is 407 g/mol. The van der Waals surface area contributed by atoms with Gasteiger partial charge in [-0.2, -0.15) is 13.2 Å². The van der Waals surface area contributed by atoms with Gasteiger partial charge in [0.2, 0.25) is 5.91 Å². The van der Waals surface area contributed by atoms with Crippen LogP contribution in [0.4, 0.5) is 24.5 Å². The van der Waals surface area contributed by atoms with E-state index >= 15 is 0 Å². The summed E-state index contributed by atoms with van der Waals surface area (Å²) in [5, 5.41) is 2.99. The summed E-state index contributed by atoms with van der Waals surface area (Å²) in [6.07, 6.45) is -3.78. The molecule has 8 heteroatoms. The van der Waals surface area contributed by atoms with Crippen molar-refractivity contribution in [3.63, 3.8) is 0 Å². The van der Waals surface area contributed by atoms with Gasteiger partial charge in [0.25, 0.3) is 0 Å². The van der Waals surface area contributed by atoms with Crippen molar-refractivity contribution in [3.05, 3.63) is 40.6 Å². The average Bonchev–Trinajstić information content (AvgIpc) is 3.08. The predicted molar refractivity (Wildman–Crippen MR) is 116 cm³/mol. The van der Waals surface area contributed by atoms with Crippen LogP contribution in [0.5, 0.6) is 0 Å².